The highest BCUT2D eigenvalue weighted by atomic mass is 35.5. The number of aromatic nitrogens is 2. The fourth-order valence-corrected chi connectivity index (χ4v) is 2.72. The molecular formula is C12H13Cl2N3OS. The summed E-state index contributed by atoms with van der Waals surface area (Å²) in [5.41, 5.74) is 0. The smallest absolute Gasteiger partial charge is 0.205 e. The van der Waals surface area contributed by atoms with E-state index in [-0.39, 0.29) is 0 Å². The lowest BCUT2D eigenvalue weighted by atomic mass is 10.3. The molecule has 0 aliphatic rings. The third-order valence-electron chi connectivity index (χ3n) is 2.32. The van der Waals surface area contributed by atoms with Crippen LogP contribution < -0.4 is 10.1 Å². The van der Waals surface area contributed by atoms with Crippen LogP contribution in [0.4, 0.5) is 5.13 Å². The van der Waals surface area contributed by atoms with Crippen molar-refractivity contribution in [2.75, 3.05) is 19.0 Å². The van der Waals surface area contributed by atoms with E-state index in [1.807, 2.05) is 7.05 Å². The minimum absolute atomic E-state index is 0.574. The SMILES string of the molecule is CNc1nnc(CCCOc2cc(Cl)cc(Cl)c2)s1. The van der Waals surface area contributed by atoms with Gasteiger partial charge in [-0.05, 0) is 24.6 Å². The molecule has 2 rings (SSSR count). The molecule has 0 radical (unpaired) electrons. The Hall–Kier alpha value is -1.04. The van der Waals surface area contributed by atoms with Gasteiger partial charge in [0.05, 0.1) is 6.61 Å². The zero-order valence-electron chi connectivity index (χ0n) is 10.3. The first-order valence-electron chi connectivity index (χ1n) is 5.76. The van der Waals surface area contributed by atoms with Gasteiger partial charge in [-0.2, -0.15) is 0 Å². The molecule has 0 bridgehead atoms. The molecule has 0 aliphatic heterocycles. The van der Waals surface area contributed by atoms with Crippen LogP contribution in [0.2, 0.25) is 10.0 Å². The molecule has 19 heavy (non-hydrogen) atoms. The summed E-state index contributed by atoms with van der Waals surface area (Å²) in [4.78, 5) is 0. The molecule has 0 aliphatic carbocycles. The molecule has 1 heterocycles. The summed E-state index contributed by atoms with van der Waals surface area (Å²) in [6.07, 6.45) is 1.70. The van der Waals surface area contributed by atoms with Gasteiger partial charge in [0.25, 0.3) is 0 Å². The number of nitrogens with one attached hydrogen (secondary N) is 1. The lowest BCUT2D eigenvalue weighted by Crippen LogP contribution is -1.99. The third-order valence-corrected chi connectivity index (χ3v) is 3.76. The summed E-state index contributed by atoms with van der Waals surface area (Å²) in [6, 6.07) is 5.17. The van der Waals surface area contributed by atoms with Crippen LogP contribution in [0.3, 0.4) is 0 Å². The van der Waals surface area contributed by atoms with Crippen molar-refractivity contribution in [2.45, 2.75) is 12.8 Å². The van der Waals surface area contributed by atoms with E-state index in [1.54, 1.807) is 29.5 Å². The monoisotopic (exact) mass is 317 g/mol. The Bertz CT molecular complexity index is 527. The highest BCUT2D eigenvalue weighted by Crippen LogP contribution is 2.24. The van der Waals surface area contributed by atoms with Gasteiger partial charge >= 0.3 is 0 Å². The number of hydrogen-bond acceptors (Lipinski definition) is 5. The maximum Gasteiger partial charge on any atom is 0.205 e. The van der Waals surface area contributed by atoms with Crippen LogP contribution in [0.5, 0.6) is 5.75 Å². The van der Waals surface area contributed by atoms with Crippen molar-refractivity contribution in [3.63, 3.8) is 0 Å². The predicted octanol–water partition coefficient (Wildman–Crippen LogP) is 3.90. The van der Waals surface area contributed by atoms with Crippen molar-refractivity contribution in [1.82, 2.24) is 10.2 Å². The zero-order valence-corrected chi connectivity index (χ0v) is 12.6. The van der Waals surface area contributed by atoms with Crippen LogP contribution in [-0.2, 0) is 6.42 Å². The molecule has 0 atom stereocenters. The Labute approximate surface area is 125 Å². The number of aryl methyl sites for hydroxylation is 1. The first kappa shape index (κ1) is 14.4. The van der Waals surface area contributed by atoms with E-state index in [1.165, 1.54) is 0 Å². The van der Waals surface area contributed by atoms with Gasteiger partial charge in [-0.15, -0.1) is 10.2 Å². The second kappa shape index (κ2) is 6.93. The zero-order chi connectivity index (χ0) is 13.7. The molecule has 2 aromatic rings. The molecule has 102 valence electrons. The molecule has 0 amide bonds. The van der Waals surface area contributed by atoms with Crippen LogP contribution >= 0.6 is 34.5 Å². The molecule has 0 fully saturated rings. The van der Waals surface area contributed by atoms with E-state index in [2.05, 4.69) is 15.5 Å². The molecule has 1 N–H and O–H groups in total. The number of halogens is 2. The van der Waals surface area contributed by atoms with E-state index < -0.39 is 0 Å². The standard InChI is InChI=1S/C12H13Cl2N3OS/c1-15-12-17-16-11(19-12)3-2-4-18-10-6-8(13)5-9(14)7-10/h5-7H,2-4H2,1H3,(H,15,17). The molecule has 0 saturated carbocycles. The van der Waals surface area contributed by atoms with E-state index in [0.717, 1.165) is 23.0 Å². The summed E-state index contributed by atoms with van der Waals surface area (Å²) in [5.74, 6) is 0.686. The van der Waals surface area contributed by atoms with E-state index in [9.17, 15) is 0 Å². The van der Waals surface area contributed by atoms with Gasteiger partial charge in [-0.3, -0.25) is 0 Å². The molecule has 7 heteroatoms. The van der Waals surface area contributed by atoms with Gasteiger partial charge in [-0.1, -0.05) is 34.5 Å². The van der Waals surface area contributed by atoms with Crippen molar-refractivity contribution in [3.05, 3.63) is 33.3 Å². The van der Waals surface area contributed by atoms with E-state index >= 15 is 0 Å². The second-order valence-corrected chi connectivity index (χ2v) is 5.74. The van der Waals surface area contributed by atoms with Crippen LogP contribution in [0.25, 0.3) is 0 Å². The predicted molar refractivity (Wildman–Crippen MR) is 79.7 cm³/mol. The molecule has 0 unspecified atom stereocenters. The quantitative estimate of drug-likeness (QED) is 0.821. The molecule has 1 aromatic carbocycles. The summed E-state index contributed by atoms with van der Waals surface area (Å²) in [5, 5.41) is 14.0. The highest BCUT2D eigenvalue weighted by molar-refractivity contribution is 7.15. The van der Waals surface area contributed by atoms with E-state index in [4.69, 9.17) is 27.9 Å². The third kappa shape index (κ3) is 4.53. The fourth-order valence-electron chi connectivity index (χ4n) is 1.48. The minimum Gasteiger partial charge on any atom is -0.493 e. The molecular weight excluding hydrogens is 305 g/mol. The van der Waals surface area contributed by atoms with Crippen LogP contribution in [0.15, 0.2) is 18.2 Å². The average molecular weight is 318 g/mol. The van der Waals surface area contributed by atoms with Crippen molar-refractivity contribution in [2.24, 2.45) is 0 Å². The molecule has 1 aromatic heterocycles. The first-order chi connectivity index (χ1) is 9.17. The van der Waals surface area contributed by atoms with Gasteiger partial charge in [0.15, 0.2) is 0 Å². The van der Waals surface area contributed by atoms with Gasteiger partial charge in [0.1, 0.15) is 10.8 Å². The Morgan fingerprint density at radius 2 is 1.95 bits per heavy atom. The molecule has 0 saturated heterocycles. The topological polar surface area (TPSA) is 47.0 Å². The first-order valence-corrected chi connectivity index (χ1v) is 7.33. The molecule has 4 nitrogen and oxygen atoms in total. The van der Waals surface area contributed by atoms with Gasteiger partial charge in [0, 0.05) is 23.5 Å². The highest BCUT2D eigenvalue weighted by Gasteiger charge is 2.03. The Morgan fingerprint density at radius 3 is 2.58 bits per heavy atom. The van der Waals surface area contributed by atoms with Crippen molar-refractivity contribution in [3.8, 4) is 5.75 Å². The summed E-state index contributed by atoms with van der Waals surface area (Å²) in [6.45, 7) is 0.588. The summed E-state index contributed by atoms with van der Waals surface area (Å²) >= 11 is 13.3. The fraction of sp³-hybridized carbons (Fsp3) is 0.333. The lowest BCUT2D eigenvalue weighted by Gasteiger charge is -2.06. The van der Waals surface area contributed by atoms with Gasteiger partial charge in [0.2, 0.25) is 5.13 Å². The molecule has 0 spiro atoms. The number of benzene rings is 1. The van der Waals surface area contributed by atoms with Gasteiger partial charge in [-0.25, -0.2) is 0 Å². The number of rotatable bonds is 6. The van der Waals surface area contributed by atoms with Crippen LogP contribution in [-0.4, -0.2) is 23.9 Å². The normalized spacial score (nSPS) is 10.5. The van der Waals surface area contributed by atoms with Crippen molar-refractivity contribution < 1.29 is 4.74 Å². The maximum absolute atomic E-state index is 5.89. The number of nitrogens with zero attached hydrogens (tertiary/aromatic N) is 2. The second-order valence-electron chi connectivity index (χ2n) is 3.81. The van der Waals surface area contributed by atoms with Crippen molar-refractivity contribution >= 4 is 39.7 Å². The average Bonchev–Trinajstić information content (AvgIpc) is 2.81. The number of anilines is 1. The number of hydrogen-bond donors (Lipinski definition) is 1. The van der Waals surface area contributed by atoms with Crippen molar-refractivity contribution in [1.29, 1.82) is 0 Å². The van der Waals surface area contributed by atoms with Crippen LogP contribution in [0, 0.1) is 0 Å². The largest absolute Gasteiger partial charge is 0.493 e. The number of ether oxygens (including phenoxy) is 1. The Kier molecular flexibility index (Phi) is 5.24. The van der Waals surface area contributed by atoms with Crippen LogP contribution in [0.1, 0.15) is 11.4 Å². The maximum atomic E-state index is 5.89. The van der Waals surface area contributed by atoms with Gasteiger partial charge < -0.3 is 10.1 Å². The minimum atomic E-state index is 0.574. The lowest BCUT2D eigenvalue weighted by molar-refractivity contribution is 0.311. The summed E-state index contributed by atoms with van der Waals surface area (Å²) < 4.78 is 5.59. The van der Waals surface area contributed by atoms with E-state index in [0.29, 0.717) is 22.4 Å². The summed E-state index contributed by atoms with van der Waals surface area (Å²) in [7, 11) is 1.83. The Balaban J connectivity index is 1.77. The Morgan fingerprint density at radius 1 is 1.21 bits per heavy atom.